The topological polar surface area (TPSA) is 0 Å². The SMILES string of the molecule is C#Cc1c(F)ccc(F)c1F. The van der Waals surface area contributed by atoms with Gasteiger partial charge in [-0.3, -0.25) is 0 Å². The van der Waals surface area contributed by atoms with Crippen molar-refractivity contribution in [2.75, 3.05) is 0 Å². The van der Waals surface area contributed by atoms with E-state index >= 15 is 0 Å². The maximum atomic E-state index is 12.5. The third-order valence-electron chi connectivity index (χ3n) is 1.19. The van der Waals surface area contributed by atoms with E-state index in [1.807, 2.05) is 0 Å². The van der Waals surface area contributed by atoms with Crippen LogP contribution in [0, 0.1) is 29.8 Å². The van der Waals surface area contributed by atoms with Crippen LogP contribution in [0.1, 0.15) is 5.56 Å². The lowest BCUT2D eigenvalue weighted by atomic mass is 10.2. The van der Waals surface area contributed by atoms with Gasteiger partial charge < -0.3 is 0 Å². The van der Waals surface area contributed by atoms with Crippen LogP contribution < -0.4 is 0 Å². The summed E-state index contributed by atoms with van der Waals surface area (Å²) in [6, 6.07) is 1.47. The van der Waals surface area contributed by atoms with Gasteiger partial charge in [0.15, 0.2) is 11.6 Å². The molecule has 0 aromatic heterocycles. The normalized spacial score (nSPS) is 9.27. The van der Waals surface area contributed by atoms with Gasteiger partial charge in [0, 0.05) is 0 Å². The molecule has 0 radical (unpaired) electrons. The first-order valence-electron chi connectivity index (χ1n) is 2.77. The molecule has 0 spiro atoms. The summed E-state index contributed by atoms with van der Waals surface area (Å²) in [6.07, 6.45) is 4.72. The quantitative estimate of drug-likeness (QED) is 0.398. The van der Waals surface area contributed by atoms with E-state index in [0.29, 0.717) is 6.07 Å². The lowest BCUT2D eigenvalue weighted by molar-refractivity contribution is 0.491. The van der Waals surface area contributed by atoms with Gasteiger partial charge in [0.2, 0.25) is 0 Å². The molecule has 1 aromatic carbocycles. The number of hydrogen-bond acceptors (Lipinski definition) is 0. The second-order valence-electron chi connectivity index (χ2n) is 1.86. The summed E-state index contributed by atoms with van der Waals surface area (Å²) >= 11 is 0. The molecule has 0 aliphatic heterocycles. The fourth-order valence-corrected chi connectivity index (χ4v) is 0.659. The first-order valence-corrected chi connectivity index (χ1v) is 2.77. The van der Waals surface area contributed by atoms with Crippen molar-refractivity contribution >= 4 is 0 Å². The third-order valence-corrected chi connectivity index (χ3v) is 1.19. The maximum Gasteiger partial charge on any atom is 0.177 e. The molecule has 1 aromatic rings. The Labute approximate surface area is 61.7 Å². The molecule has 0 bridgehead atoms. The maximum absolute atomic E-state index is 12.5. The summed E-state index contributed by atoms with van der Waals surface area (Å²) in [5, 5.41) is 0. The highest BCUT2D eigenvalue weighted by Crippen LogP contribution is 2.13. The Bertz CT molecular complexity index is 323. The fraction of sp³-hybridized carbons (Fsp3) is 0. The van der Waals surface area contributed by atoms with Crippen LogP contribution in [0.25, 0.3) is 0 Å². The number of benzene rings is 1. The van der Waals surface area contributed by atoms with Gasteiger partial charge in [-0.1, -0.05) is 5.92 Å². The van der Waals surface area contributed by atoms with E-state index in [1.54, 1.807) is 5.92 Å². The zero-order valence-electron chi connectivity index (χ0n) is 5.37. The Hall–Kier alpha value is -1.43. The molecule has 0 unspecified atom stereocenters. The first kappa shape index (κ1) is 7.67. The number of rotatable bonds is 0. The van der Waals surface area contributed by atoms with Gasteiger partial charge >= 0.3 is 0 Å². The highest BCUT2D eigenvalue weighted by atomic mass is 19.2. The second-order valence-corrected chi connectivity index (χ2v) is 1.86. The highest BCUT2D eigenvalue weighted by Gasteiger charge is 2.10. The molecular weight excluding hydrogens is 153 g/mol. The monoisotopic (exact) mass is 156 g/mol. The minimum atomic E-state index is -1.31. The summed E-state index contributed by atoms with van der Waals surface area (Å²) in [7, 11) is 0. The predicted octanol–water partition coefficient (Wildman–Crippen LogP) is 2.09. The number of hydrogen-bond donors (Lipinski definition) is 0. The molecule has 1 rings (SSSR count). The van der Waals surface area contributed by atoms with Crippen molar-refractivity contribution in [3.05, 3.63) is 35.1 Å². The molecule has 0 fully saturated rings. The van der Waals surface area contributed by atoms with Crippen molar-refractivity contribution in [3.8, 4) is 12.3 Å². The first-order chi connectivity index (χ1) is 5.16. The van der Waals surface area contributed by atoms with Crippen molar-refractivity contribution in [2.24, 2.45) is 0 Å². The largest absolute Gasteiger partial charge is 0.206 e. The molecule has 0 N–H and O–H groups in total. The summed E-state index contributed by atoms with van der Waals surface area (Å²) in [5.74, 6) is -1.66. The van der Waals surface area contributed by atoms with Crippen LogP contribution in [0.15, 0.2) is 12.1 Å². The summed E-state index contributed by atoms with van der Waals surface area (Å²) < 4.78 is 37.3. The van der Waals surface area contributed by atoms with E-state index < -0.39 is 23.0 Å². The van der Waals surface area contributed by atoms with Crippen LogP contribution in [0.4, 0.5) is 13.2 Å². The van der Waals surface area contributed by atoms with Crippen molar-refractivity contribution in [3.63, 3.8) is 0 Å². The zero-order chi connectivity index (χ0) is 8.43. The lowest BCUT2D eigenvalue weighted by Gasteiger charge is -1.96. The van der Waals surface area contributed by atoms with Gasteiger partial charge in [-0.05, 0) is 12.1 Å². The molecule has 3 heteroatoms. The minimum absolute atomic E-state index is 0.662. The van der Waals surface area contributed by atoms with Gasteiger partial charge in [0.05, 0.1) is 5.56 Å². The predicted molar refractivity (Wildman–Crippen MR) is 34.3 cm³/mol. The summed E-state index contributed by atoms with van der Waals surface area (Å²) in [6.45, 7) is 0. The molecule has 0 saturated carbocycles. The van der Waals surface area contributed by atoms with Crippen LogP contribution in [-0.4, -0.2) is 0 Å². The smallest absolute Gasteiger partial charge is 0.177 e. The Morgan fingerprint density at radius 1 is 1.09 bits per heavy atom. The molecule has 0 saturated heterocycles. The van der Waals surface area contributed by atoms with Crippen LogP contribution in [-0.2, 0) is 0 Å². The molecular formula is C8H3F3. The Kier molecular flexibility index (Phi) is 1.86. The number of terminal acetylenes is 1. The third kappa shape index (κ3) is 1.20. The number of halogens is 3. The van der Waals surface area contributed by atoms with E-state index in [0.717, 1.165) is 6.07 Å². The van der Waals surface area contributed by atoms with Gasteiger partial charge in [-0.2, -0.15) is 0 Å². The van der Waals surface area contributed by atoms with Crippen LogP contribution in [0.5, 0.6) is 0 Å². The van der Waals surface area contributed by atoms with E-state index in [1.165, 1.54) is 0 Å². The van der Waals surface area contributed by atoms with E-state index in [9.17, 15) is 13.2 Å². The Morgan fingerprint density at radius 3 is 2.09 bits per heavy atom. The van der Waals surface area contributed by atoms with Gasteiger partial charge in [-0.15, -0.1) is 6.42 Å². The molecule has 56 valence electrons. The Morgan fingerprint density at radius 2 is 1.64 bits per heavy atom. The second kappa shape index (κ2) is 2.67. The van der Waals surface area contributed by atoms with E-state index in [-0.39, 0.29) is 0 Å². The average Bonchev–Trinajstić information content (AvgIpc) is 1.99. The van der Waals surface area contributed by atoms with Crippen molar-refractivity contribution < 1.29 is 13.2 Å². The van der Waals surface area contributed by atoms with Crippen molar-refractivity contribution in [1.29, 1.82) is 0 Å². The zero-order valence-corrected chi connectivity index (χ0v) is 5.37. The lowest BCUT2D eigenvalue weighted by Crippen LogP contribution is -1.93. The highest BCUT2D eigenvalue weighted by molar-refractivity contribution is 5.35. The van der Waals surface area contributed by atoms with Gasteiger partial charge in [-0.25, -0.2) is 13.2 Å². The molecule has 0 atom stereocenters. The average molecular weight is 156 g/mol. The van der Waals surface area contributed by atoms with E-state index in [4.69, 9.17) is 6.42 Å². The van der Waals surface area contributed by atoms with Gasteiger partial charge in [0.1, 0.15) is 5.82 Å². The van der Waals surface area contributed by atoms with Crippen molar-refractivity contribution in [1.82, 2.24) is 0 Å². The van der Waals surface area contributed by atoms with Gasteiger partial charge in [0.25, 0.3) is 0 Å². The molecule has 11 heavy (non-hydrogen) atoms. The molecule has 0 nitrogen and oxygen atoms in total. The molecule has 0 heterocycles. The fourth-order valence-electron chi connectivity index (χ4n) is 0.659. The van der Waals surface area contributed by atoms with Crippen LogP contribution >= 0.6 is 0 Å². The van der Waals surface area contributed by atoms with Crippen LogP contribution in [0.3, 0.4) is 0 Å². The minimum Gasteiger partial charge on any atom is -0.206 e. The summed E-state index contributed by atoms with van der Waals surface area (Å²) in [4.78, 5) is 0. The molecule has 0 aliphatic carbocycles. The van der Waals surface area contributed by atoms with E-state index in [2.05, 4.69) is 0 Å². The summed E-state index contributed by atoms with van der Waals surface area (Å²) in [5.41, 5.74) is -0.662. The molecule has 0 aliphatic rings. The molecule has 0 amide bonds. The Balaban J connectivity index is 3.44. The van der Waals surface area contributed by atoms with Crippen LogP contribution in [0.2, 0.25) is 0 Å². The van der Waals surface area contributed by atoms with Crippen molar-refractivity contribution in [2.45, 2.75) is 0 Å². The standard InChI is InChI=1S/C8H3F3/c1-2-5-6(9)3-4-7(10)8(5)11/h1,3-4H.